The Labute approximate surface area is 212 Å². The number of halogens is 1. The Morgan fingerprint density at radius 2 is 1.83 bits per heavy atom. The standard InChI is InChI=1S/C24H24ClN5O3S2/c1-15-6-8-18(9-7-15)35(32,33)29-12-10-17(11-13-29)23(31)26-21-14-16(2)28-30(21)24-27-22-19(25)4-3-5-20(22)34-24/h3-9,14,17H,10-13H2,1-2H3,(H,26,31). The van der Waals surface area contributed by atoms with Gasteiger partial charge >= 0.3 is 0 Å². The van der Waals surface area contributed by atoms with E-state index in [2.05, 4.69) is 15.4 Å². The molecule has 2 aromatic heterocycles. The minimum Gasteiger partial charge on any atom is -0.310 e. The number of hydrogen-bond acceptors (Lipinski definition) is 6. The molecule has 1 fully saturated rings. The highest BCUT2D eigenvalue weighted by atomic mass is 35.5. The van der Waals surface area contributed by atoms with Gasteiger partial charge in [-0.2, -0.15) is 14.1 Å². The molecule has 4 aromatic rings. The summed E-state index contributed by atoms with van der Waals surface area (Å²) >= 11 is 7.71. The molecule has 182 valence electrons. The summed E-state index contributed by atoms with van der Waals surface area (Å²) in [4.78, 5) is 18.0. The van der Waals surface area contributed by atoms with Gasteiger partial charge in [-0.05, 0) is 51.0 Å². The van der Waals surface area contributed by atoms with Crippen molar-refractivity contribution in [3.05, 3.63) is 64.8 Å². The van der Waals surface area contributed by atoms with Crippen molar-refractivity contribution in [2.45, 2.75) is 31.6 Å². The average molecular weight is 530 g/mol. The van der Waals surface area contributed by atoms with E-state index in [4.69, 9.17) is 11.6 Å². The first kappa shape index (κ1) is 23.9. The zero-order chi connectivity index (χ0) is 24.7. The summed E-state index contributed by atoms with van der Waals surface area (Å²) in [6, 6.07) is 14.2. The molecule has 11 heteroatoms. The van der Waals surface area contributed by atoms with E-state index < -0.39 is 10.0 Å². The van der Waals surface area contributed by atoms with Gasteiger partial charge < -0.3 is 5.32 Å². The molecular weight excluding hydrogens is 506 g/mol. The number of aromatic nitrogens is 3. The van der Waals surface area contributed by atoms with Crippen LogP contribution in [0.4, 0.5) is 5.82 Å². The van der Waals surface area contributed by atoms with E-state index in [9.17, 15) is 13.2 Å². The Kier molecular flexibility index (Phi) is 6.39. The van der Waals surface area contributed by atoms with Gasteiger partial charge in [0.05, 0.1) is 20.3 Å². The number of aryl methyl sites for hydroxylation is 2. The lowest BCUT2D eigenvalue weighted by molar-refractivity contribution is -0.120. The summed E-state index contributed by atoms with van der Waals surface area (Å²) in [6.07, 6.45) is 0.890. The number of amides is 1. The first-order valence-corrected chi connectivity index (χ1v) is 13.9. The lowest BCUT2D eigenvalue weighted by Crippen LogP contribution is -2.41. The molecule has 0 radical (unpaired) electrons. The number of carbonyl (C=O) groups excluding carboxylic acids is 1. The molecule has 0 bridgehead atoms. The van der Waals surface area contributed by atoms with Gasteiger partial charge in [0.15, 0.2) is 0 Å². The normalized spacial score (nSPS) is 15.5. The quantitative estimate of drug-likeness (QED) is 0.401. The third-order valence-electron chi connectivity index (χ3n) is 6.11. The maximum atomic E-state index is 13.1. The summed E-state index contributed by atoms with van der Waals surface area (Å²) in [7, 11) is -3.57. The molecule has 35 heavy (non-hydrogen) atoms. The number of piperidine rings is 1. The zero-order valence-electron chi connectivity index (χ0n) is 19.2. The van der Waals surface area contributed by atoms with Crippen LogP contribution in [-0.2, 0) is 14.8 Å². The van der Waals surface area contributed by atoms with Crippen LogP contribution in [0.2, 0.25) is 5.02 Å². The third kappa shape index (κ3) is 4.71. The molecule has 2 aromatic carbocycles. The van der Waals surface area contributed by atoms with E-state index in [0.29, 0.717) is 47.4 Å². The van der Waals surface area contributed by atoms with Crippen LogP contribution in [0.25, 0.3) is 15.3 Å². The van der Waals surface area contributed by atoms with Crippen LogP contribution in [0, 0.1) is 19.8 Å². The first-order valence-electron chi connectivity index (χ1n) is 11.2. The monoisotopic (exact) mass is 529 g/mol. The topological polar surface area (TPSA) is 97.2 Å². The molecule has 0 unspecified atom stereocenters. The average Bonchev–Trinajstić information content (AvgIpc) is 3.43. The summed E-state index contributed by atoms with van der Waals surface area (Å²) in [6.45, 7) is 4.35. The maximum Gasteiger partial charge on any atom is 0.243 e. The molecule has 0 saturated carbocycles. The van der Waals surface area contributed by atoms with E-state index in [-0.39, 0.29) is 16.7 Å². The van der Waals surface area contributed by atoms with Crippen molar-refractivity contribution in [1.29, 1.82) is 0 Å². The number of benzene rings is 2. The SMILES string of the molecule is Cc1ccc(S(=O)(=O)N2CCC(C(=O)Nc3cc(C)nn3-c3nc4c(Cl)cccc4s3)CC2)cc1. The summed E-state index contributed by atoms with van der Waals surface area (Å²) < 4.78 is 29.9. The fourth-order valence-corrected chi connectivity index (χ4v) is 6.87. The van der Waals surface area contributed by atoms with E-state index in [1.165, 1.54) is 15.6 Å². The number of anilines is 1. The van der Waals surface area contributed by atoms with Gasteiger partial charge in [-0.3, -0.25) is 4.79 Å². The van der Waals surface area contributed by atoms with Crippen LogP contribution in [0.1, 0.15) is 24.1 Å². The smallest absolute Gasteiger partial charge is 0.243 e. The van der Waals surface area contributed by atoms with Gasteiger partial charge in [0.25, 0.3) is 0 Å². The van der Waals surface area contributed by atoms with Gasteiger partial charge in [0.1, 0.15) is 11.3 Å². The number of thiazole rings is 1. The van der Waals surface area contributed by atoms with Crippen molar-refractivity contribution in [3.8, 4) is 5.13 Å². The summed E-state index contributed by atoms with van der Waals surface area (Å²) in [5.41, 5.74) is 2.44. The molecule has 8 nitrogen and oxygen atoms in total. The number of para-hydroxylation sites is 1. The minimum absolute atomic E-state index is 0.155. The molecule has 1 amide bonds. The van der Waals surface area contributed by atoms with E-state index in [1.54, 1.807) is 41.1 Å². The van der Waals surface area contributed by atoms with Crippen molar-refractivity contribution in [3.63, 3.8) is 0 Å². The molecule has 0 atom stereocenters. The highest BCUT2D eigenvalue weighted by Gasteiger charge is 2.32. The molecule has 1 N–H and O–H groups in total. The molecule has 0 spiro atoms. The Morgan fingerprint density at radius 1 is 1.11 bits per heavy atom. The molecule has 1 aliphatic rings. The third-order valence-corrected chi connectivity index (χ3v) is 9.32. The number of nitrogens with one attached hydrogen (secondary N) is 1. The van der Waals surface area contributed by atoms with E-state index in [0.717, 1.165) is 16.0 Å². The van der Waals surface area contributed by atoms with Gasteiger partial charge in [0, 0.05) is 25.1 Å². The second-order valence-electron chi connectivity index (χ2n) is 8.65. The van der Waals surface area contributed by atoms with Crippen LogP contribution in [-0.4, -0.2) is 46.5 Å². The lowest BCUT2D eigenvalue weighted by atomic mass is 9.97. The predicted molar refractivity (Wildman–Crippen MR) is 138 cm³/mol. The molecule has 1 aliphatic heterocycles. The Balaban J connectivity index is 1.29. The minimum atomic E-state index is -3.57. The fourth-order valence-electron chi connectivity index (χ4n) is 4.17. The van der Waals surface area contributed by atoms with E-state index >= 15 is 0 Å². The molecular formula is C24H24ClN5O3S2. The van der Waals surface area contributed by atoms with E-state index in [1.807, 2.05) is 26.0 Å². The number of rotatable bonds is 5. The van der Waals surface area contributed by atoms with Crippen molar-refractivity contribution in [1.82, 2.24) is 19.1 Å². The second-order valence-corrected chi connectivity index (χ2v) is 12.0. The molecule has 0 aliphatic carbocycles. The van der Waals surface area contributed by atoms with Gasteiger partial charge in [-0.1, -0.05) is 46.7 Å². The van der Waals surface area contributed by atoms with Crippen molar-refractivity contribution < 1.29 is 13.2 Å². The van der Waals surface area contributed by atoms with Crippen LogP contribution < -0.4 is 5.32 Å². The lowest BCUT2D eigenvalue weighted by Gasteiger charge is -2.30. The zero-order valence-corrected chi connectivity index (χ0v) is 21.6. The van der Waals surface area contributed by atoms with Crippen molar-refractivity contribution >= 4 is 54.9 Å². The second kappa shape index (κ2) is 9.34. The molecule has 3 heterocycles. The number of fused-ring (bicyclic) bond motifs is 1. The highest BCUT2D eigenvalue weighted by molar-refractivity contribution is 7.89. The largest absolute Gasteiger partial charge is 0.310 e. The highest BCUT2D eigenvalue weighted by Crippen LogP contribution is 2.32. The van der Waals surface area contributed by atoms with Gasteiger partial charge in [0.2, 0.25) is 21.1 Å². The Hall–Kier alpha value is -2.79. The number of carbonyl (C=O) groups is 1. The fraction of sp³-hybridized carbons (Fsp3) is 0.292. The first-order chi connectivity index (χ1) is 16.7. The van der Waals surface area contributed by atoms with Crippen molar-refractivity contribution in [2.75, 3.05) is 18.4 Å². The van der Waals surface area contributed by atoms with Crippen LogP contribution in [0.5, 0.6) is 0 Å². The maximum absolute atomic E-state index is 13.1. The number of nitrogens with zero attached hydrogens (tertiary/aromatic N) is 4. The summed E-state index contributed by atoms with van der Waals surface area (Å²) in [5, 5.41) is 8.65. The Bertz CT molecular complexity index is 1500. The summed E-state index contributed by atoms with van der Waals surface area (Å²) in [5.74, 6) is 0.0722. The van der Waals surface area contributed by atoms with Crippen LogP contribution >= 0.6 is 22.9 Å². The van der Waals surface area contributed by atoms with Gasteiger partial charge in [-0.15, -0.1) is 0 Å². The van der Waals surface area contributed by atoms with Crippen LogP contribution in [0.3, 0.4) is 0 Å². The van der Waals surface area contributed by atoms with Gasteiger partial charge in [-0.25, -0.2) is 13.4 Å². The number of sulfonamides is 1. The Morgan fingerprint density at radius 3 is 2.51 bits per heavy atom. The van der Waals surface area contributed by atoms with Crippen LogP contribution in [0.15, 0.2) is 53.4 Å². The molecule has 5 rings (SSSR count). The predicted octanol–water partition coefficient (Wildman–Crippen LogP) is 4.79. The number of hydrogen-bond donors (Lipinski definition) is 1. The molecule has 1 saturated heterocycles. The van der Waals surface area contributed by atoms with Crippen molar-refractivity contribution in [2.24, 2.45) is 5.92 Å².